The number of nitrogens with one attached hydrogen (secondary N) is 1. The fourth-order valence-corrected chi connectivity index (χ4v) is 3.23. The molecule has 1 N–H and O–H groups in total. The van der Waals surface area contributed by atoms with Gasteiger partial charge in [0.2, 0.25) is 0 Å². The lowest BCUT2D eigenvalue weighted by atomic mass is 10.1. The SMILES string of the molecule is CC.COc1cncc(-c2ccc3nc(Nc4ccncn4)sc3c2)c1. The average molecular weight is 365 g/mol. The summed E-state index contributed by atoms with van der Waals surface area (Å²) in [5, 5.41) is 3.99. The Bertz CT molecular complexity index is 988. The average Bonchev–Trinajstić information content (AvgIpc) is 3.11. The van der Waals surface area contributed by atoms with Gasteiger partial charge in [-0.25, -0.2) is 15.0 Å². The maximum atomic E-state index is 5.24. The standard InChI is InChI=1S/C17H13N5OS.C2H6/c1-23-13-6-12(8-19-9-13)11-2-3-14-15(7-11)24-17(21-14)22-16-4-5-18-10-20-16;1-2/h2-10H,1H3,(H,18,20,21,22);1-2H3. The number of pyridine rings is 1. The monoisotopic (exact) mass is 365 g/mol. The fraction of sp³-hybridized carbons (Fsp3) is 0.158. The van der Waals surface area contributed by atoms with Gasteiger partial charge in [-0.2, -0.15) is 0 Å². The molecule has 4 aromatic rings. The molecule has 7 heteroatoms. The number of rotatable bonds is 4. The van der Waals surface area contributed by atoms with E-state index in [1.165, 1.54) is 6.33 Å². The molecule has 3 aromatic heterocycles. The molecule has 0 bridgehead atoms. The molecular formula is C19H19N5OS. The third-order valence-corrected chi connectivity index (χ3v) is 4.42. The molecule has 0 atom stereocenters. The van der Waals surface area contributed by atoms with E-state index in [-0.39, 0.29) is 0 Å². The molecule has 26 heavy (non-hydrogen) atoms. The molecule has 0 aliphatic rings. The van der Waals surface area contributed by atoms with Crippen molar-refractivity contribution >= 4 is 32.5 Å². The van der Waals surface area contributed by atoms with Crippen molar-refractivity contribution in [1.29, 1.82) is 0 Å². The highest BCUT2D eigenvalue weighted by atomic mass is 32.1. The summed E-state index contributed by atoms with van der Waals surface area (Å²) in [6.07, 6.45) is 6.71. The lowest BCUT2D eigenvalue weighted by Crippen LogP contribution is -1.91. The number of ether oxygens (including phenoxy) is 1. The van der Waals surface area contributed by atoms with Gasteiger partial charge in [-0.1, -0.05) is 31.3 Å². The van der Waals surface area contributed by atoms with E-state index in [2.05, 4.69) is 31.3 Å². The van der Waals surface area contributed by atoms with Crippen LogP contribution in [0.15, 0.2) is 55.2 Å². The summed E-state index contributed by atoms with van der Waals surface area (Å²) >= 11 is 1.58. The molecule has 0 aliphatic carbocycles. The first-order chi connectivity index (χ1) is 12.8. The third kappa shape index (κ3) is 3.94. The Hall–Kier alpha value is -3.06. The fourth-order valence-electron chi connectivity index (χ4n) is 2.32. The zero-order valence-electron chi connectivity index (χ0n) is 14.8. The van der Waals surface area contributed by atoms with Crippen molar-refractivity contribution in [1.82, 2.24) is 19.9 Å². The lowest BCUT2D eigenvalue weighted by molar-refractivity contribution is 0.413. The lowest BCUT2D eigenvalue weighted by Gasteiger charge is -2.03. The summed E-state index contributed by atoms with van der Waals surface area (Å²) < 4.78 is 6.33. The van der Waals surface area contributed by atoms with E-state index in [1.807, 2.05) is 38.2 Å². The molecule has 0 fully saturated rings. The first-order valence-electron chi connectivity index (χ1n) is 8.25. The molecule has 0 spiro atoms. The summed E-state index contributed by atoms with van der Waals surface area (Å²) in [7, 11) is 1.64. The van der Waals surface area contributed by atoms with Crippen molar-refractivity contribution in [3.05, 3.63) is 55.2 Å². The van der Waals surface area contributed by atoms with Gasteiger partial charge in [0.15, 0.2) is 5.13 Å². The topological polar surface area (TPSA) is 72.8 Å². The van der Waals surface area contributed by atoms with Crippen LogP contribution in [0.25, 0.3) is 21.3 Å². The number of hydrogen-bond acceptors (Lipinski definition) is 7. The molecule has 6 nitrogen and oxygen atoms in total. The number of hydrogen-bond donors (Lipinski definition) is 1. The highest BCUT2D eigenvalue weighted by Crippen LogP contribution is 2.32. The Labute approximate surface area is 156 Å². The second kappa shape index (κ2) is 8.35. The normalized spacial score (nSPS) is 10.1. The molecular weight excluding hydrogens is 346 g/mol. The van der Waals surface area contributed by atoms with E-state index in [1.54, 1.807) is 36.9 Å². The first-order valence-corrected chi connectivity index (χ1v) is 9.06. The molecule has 0 saturated heterocycles. The van der Waals surface area contributed by atoms with E-state index in [0.29, 0.717) is 0 Å². The van der Waals surface area contributed by atoms with Crippen LogP contribution >= 0.6 is 11.3 Å². The van der Waals surface area contributed by atoms with Crippen molar-refractivity contribution in [2.75, 3.05) is 12.4 Å². The molecule has 132 valence electrons. The first kappa shape index (κ1) is 17.8. The summed E-state index contributed by atoms with van der Waals surface area (Å²) in [6.45, 7) is 4.00. The predicted octanol–water partition coefficient (Wildman–Crippen LogP) is 4.93. The van der Waals surface area contributed by atoms with Gasteiger partial charge in [0.05, 0.1) is 23.5 Å². The molecule has 0 saturated carbocycles. The van der Waals surface area contributed by atoms with Crippen LogP contribution in [0, 0.1) is 0 Å². The van der Waals surface area contributed by atoms with Crippen LogP contribution < -0.4 is 10.1 Å². The highest BCUT2D eigenvalue weighted by Gasteiger charge is 2.07. The summed E-state index contributed by atoms with van der Waals surface area (Å²) in [5.74, 6) is 1.46. The Morgan fingerprint density at radius 2 is 1.88 bits per heavy atom. The summed E-state index contributed by atoms with van der Waals surface area (Å²) in [5.41, 5.74) is 3.03. The predicted molar refractivity (Wildman–Crippen MR) is 106 cm³/mol. The number of fused-ring (bicyclic) bond motifs is 1. The number of nitrogens with zero attached hydrogens (tertiary/aromatic N) is 4. The zero-order chi connectivity index (χ0) is 18.4. The highest BCUT2D eigenvalue weighted by molar-refractivity contribution is 7.22. The second-order valence-electron chi connectivity index (χ2n) is 5.03. The van der Waals surface area contributed by atoms with Crippen LogP contribution in [-0.4, -0.2) is 27.0 Å². The van der Waals surface area contributed by atoms with Gasteiger partial charge in [-0.05, 0) is 29.8 Å². The van der Waals surface area contributed by atoms with Crippen LogP contribution in [0.4, 0.5) is 10.9 Å². The Morgan fingerprint density at radius 1 is 1.00 bits per heavy atom. The van der Waals surface area contributed by atoms with Crippen LogP contribution in [0.3, 0.4) is 0 Å². The van der Waals surface area contributed by atoms with Gasteiger partial charge in [0, 0.05) is 18.0 Å². The van der Waals surface area contributed by atoms with Crippen LogP contribution in [0.2, 0.25) is 0 Å². The molecule has 1 aromatic carbocycles. The van der Waals surface area contributed by atoms with E-state index in [4.69, 9.17) is 4.74 Å². The molecule has 4 rings (SSSR count). The van der Waals surface area contributed by atoms with Crippen LogP contribution in [-0.2, 0) is 0 Å². The minimum Gasteiger partial charge on any atom is -0.495 e. The van der Waals surface area contributed by atoms with Crippen molar-refractivity contribution in [2.24, 2.45) is 0 Å². The number of benzene rings is 1. The minimum atomic E-state index is 0.723. The molecule has 0 unspecified atom stereocenters. The van der Waals surface area contributed by atoms with Crippen molar-refractivity contribution in [2.45, 2.75) is 13.8 Å². The maximum absolute atomic E-state index is 5.24. The summed E-state index contributed by atoms with van der Waals surface area (Å²) in [4.78, 5) is 16.8. The van der Waals surface area contributed by atoms with Crippen LogP contribution in [0.5, 0.6) is 5.75 Å². The van der Waals surface area contributed by atoms with Gasteiger partial charge in [-0.15, -0.1) is 0 Å². The van der Waals surface area contributed by atoms with Crippen LogP contribution in [0.1, 0.15) is 13.8 Å². The van der Waals surface area contributed by atoms with E-state index in [9.17, 15) is 0 Å². The Balaban J connectivity index is 0.000000948. The smallest absolute Gasteiger partial charge is 0.189 e. The van der Waals surface area contributed by atoms with Gasteiger partial charge < -0.3 is 10.1 Å². The quantitative estimate of drug-likeness (QED) is 0.553. The number of thiazole rings is 1. The van der Waals surface area contributed by atoms with Crippen molar-refractivity contribution in [3.8, 4) is 16.9 Å². The summed E-state index contributed by atoms with van der Waals surface area (Å²) in [6, 6.07) is 9.92. The minimum absolute atomic E-state index is 0.723. The molecule has 3 heterocycles. The van der Waals surface area contributed by atoms with Gasteiger partial charge in [0.1, 0.15) is 17.9 Å². The number of aromatic nitrogens is 4. The number of anilines is 2. The molecule has 0 aliphatic heterocycles. The second-order valence-corrected chi connectivity index (χ2v) is 6.07. The largest absolute Gasteiger partial charge is 0.495 e. The van der Waals surface area contributed by atoms with E-state index >= 15 is 0 Å². The van der Waals surface area contributed by atoms with Crippen molar-refractivity contribution in [3.63, 3.8) is 0 Å². The Morgan fingerprint density at radius 3 is 2.65 bits per heavy atom. The van der Waals surface area contributed by atoms with Gasteiger partial charge >= 0.3 is 0 Å². The Kier molecular flexibility index (Phi) is 5.70. The number of methoxy groups -OCH3 is 1. The van der Waals surface area contributed by atoms with Crippen molar-refractivity contribution < 1.29 is 4.74 Å². The maximum Gasteiger partial charge on any atom is 0.189 e. The van der Waals surface area contributed by atoms with E-state index < -0.39 is 0 Å². The zero-order valence-corrected chi connectivity index (χ0v) is 15.6. The third-order valence-electron chi connectivity index (χ3n) is 3.49. The molecule has 0 radical (unpaired) electrons. The van der Waals surface area contributed by atoms with Gasteiger partial charge in [0.25, 0.3) is 0 Å². The van der Waals surface area contributed by atoms with Gasteiger partial charge in [-0.3, -0.25) is 4.98 Å². The van der Waals surface area contributed by atoms with E-state index in [0.717, 1.165) is 38.0 Å². The molecule has 0 amide bonds.